The first-order chi connectivity index (χ1) is 9.31. The van der Waals surface area contributed by atoms with Gasteiger partial charge in [0, 0.05) is 10.5 Å². The van der Waals surface area contributed by atoms with Crippen LogP contribution in [0, 0.1) is 6.92 Å². The number of hydrogen-bond donors (Lipinski definition) is 1. The molecule has 0 aromatic heterocycles. The van der Waals surface area contributed by atoms with Crippen LogP contribution in [0.15, 0.2) is 16.6 Å². The summed E-state index contributed by atoms with van der Waals surface area (Å²) in [5.41, 5.74) is 1.66. The van der Waals surface area contributed by atoms with Gasteiger partial charge in [0.25, 0.3) is 11.7 Å². The van der Waals surface area contributed by atoms with Crippen LogP contribution in [-0.2, 0) is 9.59 Å². The molecule has 106 valence electrons. The lowest BCUT2D eigenvalue weighted by Crippen LogP contribution is -2.42. The van der Waals surface area contributed by atoms with E-state index in [-0.39, 0.29) is 18.5 Å². The molecule has 1 N–H and O–H groups in total. The van der Waals surface area contributed by atoms with Crippen molar-refractivity contribution in [2.24, 2.45) is 0 Å². The van der Waals surface area contributed by atoms with E-state index in [1.165, 1.54) is 4.90 Å². The zero-order chi connectivity index (χ0) is 15.0. The number of nitrogens with zero attached hydrogens (tertiary/aromatic N) is 1. The average molecular weight is 339 g/mol. The number of anilines is 1. The summed E-state index contributed by atoms with van der Waals surface area (Å²) in [6.07, 6.45) is 0. The zero-order valence-electron chi connectivity index (χ0n) is 11.5. The van der Waals surface area contributed by atoms with E-state index < -0.39 is 11.7 Å². The van der Waals surface area contributed by atoms with Crippen LogP contribution in [0.4, 0.5) is 5.69 Å². The third kappa shape index (κ3) is 2.60. The Kier molecular flexibility index (Phi) is 3.94. The molecule has 0 aliphatic carbocycles. The number of carbonyl (C=O) groups is 3. The van der Waals surface area contributed by atoms with E-state index in [0.717, 1.165) is 10.0 Å². The summed E-state index contributed by atoms with van der Waals surface area (Å²) in [7, 11) is 0. The smallest absolute Gasteiger partial charge is 0.299 e. The van der Waals surface area contributed by atoms with Crippen molar-refractivity contribution in [3.63, 3.8) is 0 Å². The number of rotatable bonds is 3. The van der Waals surface area contributed by atoms with E-state index in [0.29, 0.717) is 11.3 Å². The molecule has 0 saturated carbocycles. The molecule has 0 atom stereocenters. The fraction of sp³-hybridized carbons (Fsp3) is 0.357. The zero-order valence-corrected chi connectivity index (χ0v) is 13.1. The monoisotopic (exact) mass is 338 g/mol. The highest BCUT2D eigenvalue weighted by Gasteiger charge is 2.38. The minimum atomic E-state index is -0.653. The first kappa shape index (κ1) is 14.7. The first-order valence-corrected chi connectivity index (χ1v) is 7.06. The molecule has 20 heavy (non-hydrogen) atoms. The number of nitrogens with one attached hydrogen (secondary N) is 1. The normalized spacial score (nSPS) is 13.9. The lowest BCUT2D eigenvalue weighted by Gasteiger charge is -2.19. The number of fused-ring (bicyclic) bond motifs is 1. The highest BCUT2D eigenvalue weighted by Crippen LogP contribution is 2.34. The largest absolute Gasteiger partial charge is 0.352 e. The summed E-state index contributed by atoms with van der Waals surface area (Å²) in [6.45, 7) is 5.34. The van der Waals surface area contributed by atoms with Gasteiger partial charge in [-0.15, -0.1) is 0 Å². The van der Waals surface area contributed by atoms with Crippen LogP contribution < -0.4 is 10.2 Å². The number of hydrogen-bond acceptors (Lipinski definition) is 3. The molecule has 1 aromatic rings. The first-order valence-electron chi connectivity index (χ1n) is 6.27. The van der Waals surface area contributed by atoms with Gasteiger partial charge in [0.1, 0.15) is 6.54 Å². The molecule has 1 aliphatic heterocycles. The third-order valence-electron chi connectivity index (χ3n) is 2.97. The molecule has 0 spiro atoms. The highest BCUT2D eigenvalue weighted by molar-refractivity contribution is 9.10. The van der Waals surface area contributed by atoms with E-state index in [9.17, 15) is 14.4 Å². The maximum atomic E-state index is 12.0. The van der Waals surface area contributed by atoms with Gasteiger partial charge in [0.2, 0.25) is 5.91 Å². The Hall–Kier alpha value is -1.69. The van der Waals surface area contributed by atoms with E-state index in [1.54, 1.807) is 6.07 Å². The number of benzene rings is 1. The van der Waals surface area contributed by atoms with Gasteiger partial charge in [-0.25, -0.2) is 0 Å². The molecule has 0 bridgehead atoms. The van der Waals surface area contributed by atoms with Crippen molar-refractivity contribution in [3.05, 3.63) is 27.7 Å². The van der Waals surface area contributed by atoms with E-state index >= 15 is 0 Å². The number of amides is 2. The van der Waals surface area contributed by atoms with Gasteiger partial charge in [-0.05, 0) is 38.5 Å². The minimum Gasteiger partial charge on any atom is -0.352 e. The second kappa shape index (κ2) is 5.36. The molecule has 1 heterocycles. The molecule has 1 aliphatic rings. The van der Waals surface area contributed by atoms with Crippen molar-refractivity contribution in [1.82, 2.24) is 5.32 Å². The summed E-state index contributed by atoms with van der Waals surface area (Å²) in [5, 5.41) is 2.71. The molecule has 0 radical (unpaired) electrons. The maximum absolute atomic E-state index is 12.0. The molecule has 5 nitrogen and oxygen atoms in total. The number of Topliss-reactive ketones (excluding diaryl/α,β-unsaturated/α-hetero) is 1. The second-order valence-electron chi connectivity index (χ2n) is 5.06. The topological polar surface area (TPSA) is 66.5 Å². The molecule has 6 heteroatoms. The fourth-order valence-corrected chi connectivity index (χ4v) is 2.84. The Bertz CT molecular complexity index is 611. The molecule has 0 fully saturated rings. The van der Waals surface area contributed by atoms with Gasteiger partial charge in [-0.2, -0.15) is 0 Å². The Labute approximate surface area is 125 Å². The van der Waals surface area contributed by atoms with Gasteiger partial charge in [0.15, 0.2) is 0 Å². The average Bonchev–Trinajstić information content (AvgIpc) is 2.53. The van der Waals surface area contributed by atoms with Crippen LogP contribution in [0.2, 0.25) is 0 Å². The molecular formula is C14H15BrN2O3. The number of ketones is 1. The fourth-order valence-electron chi connectivity index (χ4n) is 2.27. The lowest BCUT2D eigenvalue weighted by molar-refractivity contribution is -0.122. The minimum absolute atomic E-state index is 0.0126. The Morgan fingerprint density at radius 3 is 2.60 bits per heavy atom. The molecule has 0 unspecified atom stereocenters. The predicted molar refractivity (Wildman–Crippen MR) is 78.8 cm³/mol. The van der Waals surface area contributed by atoms with E-state index in [4.69, 9.17) is 0 Å². The summed E-state index contributed by atoms with van der Waals surface area (Å²) in [5.74, 6) is -1.50. The van der Waals surface area contributed by atoms with E-state index in [2.05, 4.69) is 21.2 Å². The van der Waals surface area contributed by atoms with Crippen LogP contribution in [0.1, 0.15) is 29.8 Å². The van der Waals surface area contributed by atoms with Gasteiger partial charge >= 0.3 is 0 Å². The standard InChI is InChI=1S/C14H15BrN2O3/c1-7(2)16-11(18)6-17-12-8(3)4-9(15)5-10(12)13(19)14(17)20/h4-5,7H,6H2,1-3H3,(H,16,18). The summed E-state index contributed by atoms with van der Waals surface area (Å²) < 4.78 is 0.739. The van der Waals surface area contributed by atoms with Crippen molar-refractivity contribution in [1.29, 1.82) is 0 Å². The summed E-state index contributed by atoms with van der Waals surface area (Å²) >= 11 is 3.31. The van der Waals surface area contributed by atoms with Crippen LogP contribution in [0.3, 0.4) is 0 Å². The van der Waals surface area contributed by atoms with Crippen LogP contribution in [0.25, 0.3) is 0 Å². The molecule has 2 rings (SSSR count). The van der Waals surface area contributed by atoms with Crippen molar-refractivity contribution in [2.45, 2.75) is 26.8 Å². The van der Waals surface area contributed by atoms with Gasteiger partial charge < -0.3 is 5.32 Å². The summed E-state index contributed by atoms with van der Waals surface area (Å²) in [4.78, 5) is 37.1. The Morgan fingerprint density at radius 2 is 2.00 bits per heavy atom. The third-order valence-corrected chi connectivity index (χ3v) is 3.43. The lowest BCUT2D eigenvalue weighted by atomic mass is 10.1. The SMILES string of the molecule is Cc1cc(Br)cc2c1N(CC(=O)NC(C)C)C(=O)C2=O. The number of halogens is 1. The van der Waals surface area contributed by atoms with Crippen molar-refractivity contribution in [2.75, 3.05) is 11.4 Å². The van der Waals surface area contributed by atoms with Crippen molar-refractivity contribution < 1.29 is 14.4 Å². The molecule has 2 amide bonds. The van der Waals surface area contributed by atoms with Gasteiger partial charge in [0.05, 0.1) is 11.3 Å². The van der Waals surface area contributed by atoms with Crippen molar-refractivity contribution in [3.8, 4) is 0 Å². The Morgan fingerprint density at radius 1 is 1.35 bits per heavy atom. The van der Waals surface area contributed by atoms with Crippen LogP contribution in [0.5, 0.6) is 0 Å². The van der Waals surface area contributed by atoms with Crippen molar-refractivity contribution >= 4 is 39.2 Å². The van der Waals surface area contributed by atoms with Gasteiger partial charge in [-0.1, -0.05) is 15.9 Å². The molecular weight excluding hydrogens is 324 g/mol. The summed E-state index contributed by atoms with van der Waals surface area (Å²) in [6, 6.07) is 3.42. The van der Waals surface area contributed by atoms with E-state index in [1.807, 2.05) is 26.8 Å². The predicted octanol–water partition coefficient (Wildman–Crippen LogP) is 1.81. The van der Waals surface area contributed by atoms with Gasteiger partial charge in [-0.3, -0.25) is 19.3 Å². The number of aryl methyl sites for hydroxylation is 1. The molecule has 1 aromatic carbocycles. The maximum Gasteiger partial charge on any atom is 0.299 e. The number of carbonyl (C=O) groups excluding carboxylic acids is 3. The molecule has 0 saturated heterocycles. The quantitative estimate of drug-likeness (QED) is 0.854. The second-order valence-corrected chi connectivity index (χ2v) is 5.98. The van der Waals surface area contributed by atoms with Crippen LogP contribution in [-0.4, -0.2) is 30.2 Å². The highest BCUT2D eigenvalue weighted by atomic mass is 79.9. The Balaban J connectivity index is 2.36. The van der Waals surface area contributed by atoms with Crippen LogP contribution >= 0.6 is 15.9 Å².